The molecule has 0 spiro atoms. The van der Waals surface area contributed by atoms with Gasteiger partial charge in [0.05, 0.1) is 18.8 Å². The van der Waals surface area contributed by atoms with Gasteiger partial charge in [0.1, 0.15) is 5.75 Å². The van der Waals surface area contributed by atoms with Crippen LogP contribution in [0.25, 0.3) is 0 Å². The lowest BCUT2D eigenvalue weighted by atomic mass is 10.2. The maximum absolute atomic E-state index is 12.1. The summed E-state index contributed by atoms with van der Waals surface area (Å²) in [4.78, 5) is 19.0. The van der Waals surface area contributed by atoms with Crippen molar-refractivity contribution in [2.75, 3.05) is 20.2 Å². The molecular weight excluding hydrogens is 298 g/mol. The molecule has 118 valence electrons. The predicted molar refractivity (Wildman–Crippen MR) is 88.2 cm³/mol. The van der Waals surface area contributed by atoms with Crippen molar-refractivity contribution in [2.45, 2.75) is 19.4 Å². The van der Waals surface area contributed by atoms with Gasteiger partial charge < -0.3 is 15.0 Å². The van der Waals surface area contributed by atoms with Crippen molar-refractivity contribution in [3.05, 3.63) is 46.9 Å². The molecule has 2 aromatic heterocycles. The lowest BCUT2D eigenvalue weighted by Gasteiger charge is -2.24. The van der Waals surface area contributed by atoms with Gasteiger partial charge in [-0.3, -0.25) is 4.98 Å². The molecule has 0 aromatic carbocycles. The van der Waals surface area contributed by atoms with Crippen molar-refractivity contribution in [1.29, 1.82) is 0 Å². The number of thiophene rings is 1. The van der Waals surface area contributed by atoms with Gasteiger partial charge in [-0.25, -0.2) is 4.79 Å². The summed E-state index contributed by atoms with van der Waals surface area (Å²) >= 11 is 1.66. The number of urea groups is 1. The topological polar surface area (TPSA) is 54.5 Å². The highest BCUT2D eigenvalue weighted by atomic mass is 32.1. The molecule has 6 heteroatoms. The molecule has 0 radical (unpaired) electrons. The number of carbonyl (C=O) groups is 1. The van der Waals surface area contributed by atoms with Crippen LogP contribution < -0.4 is 10.1 Å². The van der Waals surface area contributed by atoms with E-state index in [-0.39, 0.29) is 12.1 Å². The third kappa shape index (κ3) is 4.73. The molecule has 2 heterocycles. The lowest BCUT2D eigenvalue weighted by Crippen LogP contribution is -2.39. The van der Waals surface area contributed by atoms with E-state index in [0.29, 0.717) is 13.2 Å². The molecule has 0 saturated carbocycles. The highest BCUT2D eigenvalue weighted by Crippen LogP contribution is 2.23. The number of rotatable bonds is 7. The van der Waals surface area contributed by atoms with Gasteiger partial charge in [0.2, 0.25) is 0 Å². The average molecular weight is 319 g/mol. The number of hydrogen-bond acceptors (Lipinski definition) is 4. The van der Waals surface area contributed by atoms with Gasteiger partial charge in [-0.1, -0.05) is 6.07 Å². The molecule has 0 bridgehead atoms. The van der Waals surface area contributed by atoms with Crippen LogP contribution in [-0.2, 0) is 0 Å². The Hall–Kier alpha value is -2.08. The van der Waals surface area contributed by atoms with Crippen LogP contribution in [0.1, 0.15) is 24.3 Å². The van der Waals surface area contributed by atoms with Crippen molar-refractivity contribution >= 4 is 17.4 Å². The molecule has 2 amide bonds. The molecule has 0 saturated heterocycles. The van der Waals surface area contributed by atoms with Crippen LogP contribution in [0.2, 0.25) is 0 Å². The number of nitrogens with one attached hydrogen (secondary N) is 1. The first-order valence-corrected chi connectivity index (χ1v) is 8.13. The van der Waals surface area contributed by atoms with Crippen LogP contribution in [0.4, 0.5) is 4.79 Å². The minimum absolute atomic E-state index is 0.0673. The fourth-order valence-corrected chi connectivity index (χ4v) is 2.74. The minimum Gasteiger partial charge on any atom is -0.492 e. The summed E-state index contributed by atoms with van der Waals surface area (Å²) in [5.74, 6) is 0.747. The van der Waals surface area contributed by atoms with Crippen molar-refractivity contribution < 1.29 is 9.53 Å². The summed E-state index contributed by atoms with van der Waals surface area (Å²) in [7, 11) is 1.81. The monoisotopic (exact) mass is 319 g/mol. The van der Waals surface area contributed by atoms with Crippen molar-refractivity contribution in [2.24, 2.45) is 0 Å². The second-order valence-corrected chi connectivity index (χ2v) is 5.90. The predicted octanol–water partition coefficient (Wildman–Crippen LogP) is 3.31. The van der Waals surface area contributed by atoms with E-state index in [1.165, 1.54) is 4.88 Å². The summed E-state index contributed by atoms with van der Waals surface area (Å²) in [6.45, 7) is 3.16. The Balaban J connectivity index is 1.65. The maximum atomic E-state index is 12.1. The Labute approximate surface area is 134 Å². The molecule has 1 atom stereocenters. The number of ether oxygens (including phenoxy) is 1. The molecule has 2 rings (SSSR count). The van der Waals surface area contributed by atoms with Gasteiger partial charge >= 0.3 is 6.03 Å². The van der Waals surface area contributed by atoms with E-state index in [4.69, 9.17) is 4.74 Å². The van der Waals surface area contributed by atoms with Crippen LogP contribution in [0, 0.1) is 0 Å². The molecule has 5 nitrogen and oxygen atoms in total. The summed E-state index contributed by atoms with van der Waals surface area (Å²) in [5.41, 5.74) is 0. The summed E-state index contributed by atoms with van der Waals surface area (Å²) < 4.78 is 5.53. The Morgan fingerprint density at radius 2 is 2.32 bits per heavy atom. The quantitative estimate of drug-likeness (QED) is 0.797. The van der Waals surface area contributed by atoms with Gasteiger partial charge in [-0.15, -0.1) is 11.3 Å². The van der Waals surface area contributed by atoms with E-state index in [1.807, 2.05) is 43.6 Å². The first kappa shape index (κ1) is 16.3. The minimum atomic E-state index is -0.0673. The Morgan fingerprint density at radius 1 is 1.45 bits per heavy atom. The Kier molecular flexibility index (Phi) is 6.21. The SMILES string of the molecule is C[C@@H](c1cccs1)N(C)C(=O)NCCCOc1cccnc1. The van der Waals surface area contributed by atoms with Crippen molar-refractivity contribution in [3.63, 3.8) is 0 Å². The second-order valence-electron chi connectivity index (χ2n) is 4.92. The molecule has 0 aliphatic carbocycles. The van der Waals surface area contributed by atoms with Gasteiger partial charge in [0.15, 0.2) is 0 Å². The molecule has 1 N–H and O–H groups in total. The molecule has 0 fully saturated rings. The smallest absolute Gasteiger partial charge is 0.317 e. The van der Waals surface area contributed by atoms with E-state index >= 15 is 0 Å². The van der Waals surface area contributed by atoms with Crippen LogP contribution >= 0.6 is 11.3 Å². The number of carbonyl (C=O) groups excluding carboxylic acids is 1. The molecule has 0 aliphatic heterocycles. The summed E-state index contributed by atoms with van der Waals surface area (Å²) in [6.07, 6.45) is 4.13. The zero-order valence-electron chi connectivity index (χ0n) is 12.9. The number of pyridine rings is 1. The Bertz CT molecular complexity index is 560. The van der Waals surface area contributed by atoms with Gasteiger partial charge in [-0.05, 0) is 36.9 Å². The number of aromatic nitrogens is 1. The molecule has 0 unspecified atom stereocenters. The average Bonchev–Trinajstić information content (AvgIpc) is 3.08. The maximum Gasteiger partial charge on any atom is 0.317 e. The lowest BCUT2D eigenvalue weighted by molar-refractivity contribution is 0.194. The number of amides is 2. The standard InChI is InChI=1S/C16H21N3O2S/c1-13(15-7-4-11-22-15)19(2)16(20)18-9-5-10-21-14-6-3-8-17-12-14/h3-4,6-8,11-13H,5,9-10H2,1-2H3,(H,18,20)/t13-/m0/s1. The van der Waals surface area contributed by atoms with E-state index < -0.39 is 0 Å². The molecular formula is C16H21N3O2S. The van der Waals surface area contributed by atoms with E-state index in [2.05, 4.69) is 10.3 Å². The Morgan fingerprint density at radius 3 is 3.00 bits per heavy atom. The fourth-order valence-electron chi connectivity index (χ4n) is 1.91. The van der Waals surface area contributed by atoms with Crippen LogP contribution in [0.3, 0.4) is 0 Å². The van der Waals surface area contributed by atoms with Crippen LogP contribution in [0.5, 0.6) is 5.75 Å². The first-order chi connectivity index (χ1) is 10.7. The van der Waals surface area contributed by atoms with Crippen LogP contribution in [0.15, 0.2) is 42.0 Å². The molecule has 2 aromatic rings. The molecule has 22 heavy (non-hydrogen) atoms. The van der Waals surface area contributed by atoms with E-state index in [9.17, 15) is 4.79 Å². The third-order valence-electron chi connectivity index (χ3n) is 3.36. The van der Waals surface area contributed by atoms with Crippen molar-refractivity contribution in [3.8, 4) is 5.75 Å². The van der Waals surface area contributed by atoms with Gasteiger partial charge in [-0.2, -0.15) is 0 Å². The third-order valence-corrected chi connectivity index (χ3v) is 4.40. The first-order valence-electron chi connectivity index (χ1n) is 7.25. The largest absolute Gasteiger partial charge is 0.492 e. The van der Waals surface area contributed by atoms with E-state index in [1.54, 1.807) is 28.6 Å². The fraction of sp³-hybridized carbons (Fsp3) is 0.375. The highest BCUT2D eigenvalue weighted by Gasteiger charge is 2.17. The van der Waals surface area contributed by atoms with Gasteiger partial charge in [0.25, 0.3) is 0 Å². The number of hydrogen-bond donors (Lipinski definition) is 1. The highest BCUT2D eigenvalue weighted by molar-refractivity contribution is 7.10. The second kappa shape index (κ2) is 8.38. The number of nitrogens with zero attached hydrogens (tertiary/aromatic N) is 2. The normalized spacial score (nSPS) is 11.7. The summed E-state index contributed by atoms with van der Waals surface area (Å²) in [5, 5.41) is 4.93. The zero-order valence-corrected chi connectivity index (χ0v) is 13.7. The van der Waals surface area contributed by atoms with Gasteiger partial charge in [0, 0.05) is 24.7 Å². The van der Waals surface area contributed by atoms with E-state index in [0.717, 1.165) is 12.2 Å². The summed E-state index contributed by atoms with van der Waals surface area (Å²) in [6, 6.07) is 7.74. The van der Waals surface area contributed by atoms with Crippen molar-refractivity contribution in [1.82, 2.24) is 15.2 Å². The zero-order chi connectivity index (χ0) is 15.8. The van der Waals surface area contributed by atoms with Crippen LogP contribution in [-0.4, -0.2) is 36.1 Å². The molecule has 0 aliphatic rings.